The number of ether oxygens (including phenoxy) is 2. The van der Waals surface area contributed by atoms with Gasteiger partial charge in [-0.05, 0) is 37.7 Å². The number of hydrogen-bond acceptors (Lipinski definition) is 4. The molecule has 4 nitrogen and oxygen atoms in total. The van der Waals surface area contributed by atoms with Gasteiger partial charge in [0.1, 0.15) is 17.3 Å². The number of nitrogens with two attached hydrogens (primary N) is 1. The molecule has 1 atom stereocenters. The minimum Gasteiger partial charge on any atom is -0.492 e. The van der Waals surface area contributed by atoms with Crippen molar-refractivity contribution in [2.24, 2.45) is 5.73 Å². The average Bonchev–Trinajstić information content (AvgIpc) is 2.44. The third-order valence-corrected chi connectivity index (χ3v) is 3.46. The Labute approximate surface area is 126 Å². The van der Waals surface area contributed by atoms with E-state index in [0.29, 0.717) is 17.6 Å². The molecule has 0 fully saturated rings. The largest absolute Gasteiger partial charge is 0.492 e. The molecule has 0 saturated heterocycles. The second kappa shape index (κ2) is 8.89. The van der Waals surface area contributed by atoms with E-state index in [2.05, 4.69) is 18.7 Å². The third kappa shape index (κ3) is 5.45. The molecule has 1 rings (SSSR count). The third-order valence-electron chi connectivity index (χ3n) is 3.22. The van der Waals surface area contributed by atoms with Crippen molar-refractivity contribution in [2.75, 3.05) is 33.4 Å². The summed E-state index contributed by atoms with van der Waals surface area (Å²) in [6, 6.07) is 7.93. The van der Waals surface area contributed by atoms with Crippen LogP contribution >= 0.6 is 12.2 Å². The van der Waals surface area contributed by atoms with Crippen LogP contribution in [0, 0.1) is 0 Å². The molecule has 0 amide bonds. The SMILES string of the molecule is CCN(CCOc1ccc(C(N)=S)cc1)C(C)COC. The summed E-state index contributed by atoms with van der Waals surface area (Å²) in [5, 5.41) is 0. The van der Waals surface area contributed by atoms with Crippen molar-refractivity contribution in [1.82, 2.24) is 4.90 Å². The number of hydrogen-bond donors (Lipinski definition) is 1. The highest BCUT2D eigenvalue weighted by Gasteiger charge is 2.11. The first-order valence-electron chi connectivity index (χ1n) is 6.84. The predicted octanol–water partition coefficient (Wildman–Crippen LogP) is 2.06. The van der Waals surface area contributed by atoms with E-state index in [0.717, 1.165) is 31.0 Å². The van der Waals surface area contributed by atoms with E-state index in [-0.39, 0.29) is 0 Å². The van der Waals surface area contributed by atoms with Crippen molar-refractivity contribution in [1.29, 1.82) is 0 Å². The first-order valence-corrected chi connectivity index (χ1v) is 7.25. The highest BCUT2D eigenvalue weighted by molar-refractivity contribution is 7.80. The van der Waals surface area contributed by atoms with Crippen molar-refractivity contribution in [3.8, 4) is 5.75 Å². The molecule has 1 unspecified atom stereocenters. The second-order valence-electron chi connectivity index (χ2n) is 4.67. The van der Waals surface area contributed by atoms with Gasteiger partial charge in [0.05, 0.1) is 6.61 Å². The van der Waals surface area contributed by atoms with E-state index in [4.69, 9.17) is 27.4 Å². The summed E-state index contributed by atoms with van der Waals surface area (Å²) < 4.78 is 10.9. The zero-order valence-corrected chi connectivity index (χ0v) is 13.3. The molecule has 112 valence electrons. The standard InChI is InChI=1S/C15H24N2O2S/c1-4-17(12(2)11-18-3)9-10-19-14-7-5-13(6-8-14)15(16)20/h5-8,12H,4,9-11H2,1-3H3,(H2,16,20). The summed E-state index contributed by atoms with van der Waals surface area (Å²) in [6.07, 6.45) is 0. The summed E-state index contributed by atoms with van der Waals surface area (Å²) >= 11 is 4.91. The fraction of sp³-hybridized carbons (Fsp3) is 0.533. The van der Waals surface area contributed by atoms with Gasteiger partial charge in [-0.25, -0.2) is 0 Å². The van der Waals surface area contributed by atoms with Crippen molar-refractivity contribution in [3.05, 3.63) is 29.8 Å². The maximum atomic E-state index is 5.73. The van der Waals surface area contributed by atoms with Crippen LogP contribution in [0.25, 0.3) is 0 Å². The summed E-state index contributed by atoms with van der Waals surface area (Å²) in [6.45, 7) is 7.53. The molecule has 0 bridgehead atoms. The Bertz CT molecular complexity index is 409. The molecule has 0 spiro atoms. The van der Waals surface area contributed by atoms with Gasteiger partial charge in [0.2, 0.25) is 0 Å². The second-order valence-corrected chi connectivity index (χ2v) is 5.11. The van der Waals surface area contributed by atoms with Gasteiger partial charge in [0.15, 0.2) is 0 Å². The quantitative estimate of drug-likeness (QED) is 0.707. The van der Waals surface area contributed by atoms with Crippen LogP contribution in [-0.4, -0.2) is 49.3 Å². The van der Waals surface area contributed by atoms with Gasteiger partial charge >= 0.3 is 0 Å². The first kappa shape index (κ1) is 16.9. The molecule has 1 aromatic carbocycles. The molecular weight excluding hydrogens is 272 g/mol. The van der Waals surface area contributed by atoms with Gasteiger partial charge < -0.3 is 15.2 Å². The normalized spacial score (nSPS) is 12.4. The fourth-order valence-electron chi connectivity index (χ4n) is 2.03. The van der Waals surface area contributed by atoms with Crippen LogP contribution in [0.2, 0.25) is 0 Å². The maximum absolute atomic E-state index is 5.73. The van der Waals surface area contributed by atoms with Crippen molar-refractivity contribution < 1.29 is 9.47 Å². The van der Waals surface area contributed by atoms with E-state index >= 15 is 0 Å². The molecule has 0 aromatic heterocycles. The van der Waals surface area contributed by atoms with Gasteiger partial charge in [-0.2, -0.15) is 0 Å². The average molecular weight is 296 g/mol. The summed E-state index contributed by atoms with van der Waals surface area (Å²) in [5.74, 6) is 0.834. The summed E-state index contributed by atoms with van der Waals surface area (Å²) in [5.41, 5.74) is 6.41. The maximum Gasteiger partial charge on any atom is 0.119 e. The van der Waals surface area contributed by atoms with Crippen molar-refractivity contribution >= 4 is 17.2 Å². The molecule has 0 heterocycles. The van der Waals surface area contributed by atoms with E-state index in [9.17, 15) is 0 Å². The topological polar surface area (TPSA) is 47.7 Å². The molecule has 2 N–H and O–H groups in total. The lowest BCUT2D eigenvalue weighted by Gasteiger charge is -2.27. The molecule has 0 aliphatic heterocycles. The van der Waals surface area contributed by atoms with Crippen LogP contribution < -0.4 is 10.5 Å². The Kier molecular flexibility index (Phi) is 7.51. The van der Waals surface area contributed by atoms with Crippen molar-refractivity contribution in [2.45, 2.75) is 19.9 Å². The Morgan fingerprint density at radius 2 is 2.00 bits per heavy atom. The van der Waals surface area contributed by atoms with Crippen LogP contribution in [0.15, 0.2) is 24.3 Å². The van der Waals surface area contributed by atoms with Crippen LogP contribution in [0.4, 0.5) is 0 Å². The predicted molar refractivity (Wildman–Crippen MR) is 86.4 cm³/mol. The van der Waals surface area contributed by atoms with Gasteiger partial charge in [0.25, 0.3) is 0 Å². The molecule has 20 heavy (non-hydrogen) atoms. The van der Waals surface area contributed by atoms with Crippen LogP contribution in [0.3, 0.4) is 0 Å². The lowest BCUT2D eigenvalue weighted by Crippen LogP contribution is -2.38. The van der Waals surface area contributed by atoms with Gasteiger partial charge in [0, 0.05) is 25.3 Å². The Hall–Kier alpha value is -1.17. The zero-order chi connectivity index (χ0) is 15.0. The number of benzene rings is 1. The van der Waals surface area contributed by atoms with Crippen molar-refractivity contribution in [3.63, 3.8) is 0 Å². The molecule has 0 aliphatic carbocycles. The lowest BCUT2D eigenvalue weighted by atomic mass is 10.2. The molecule has 0 saturated carbocycles. The minimum absolute atomic E-state index is 0.394. The molecular formula is C15H24N2O2S. The van der Waals surface area contributed by atoms with E-state index < -0.39 is 0 Å². The Morgan fingerprint density at radius 1 is 1.35 bits per heavy atom. The zero-order valence-electron chi connectivity index (χ0n) is 12.5. The number of nitrogens with zero attached hydrogens (tertiary/aromatic N) is 1. The minimum atomic E-state index is 0.394. The highest BCUT2D eigenvalue weighted by atomic mass is 32.1. The van der Waals surface area contributed by atoms with Crippen LogP contribution in [-0.2, 0) is 4.74 Å². The lowest BCUT2D eigenvalue weighted by molar-refractivity contribution is 0.0920. The van der Waals surface area contributed by atoms with Gasteiger partial charge in [-0.15, -0.1) is 0 Å². The molecule has 0 radical (unpaired) electrons. The monoisotopic (exact) mass is 296 g/mol. The Balaban J connectivity index is 2.40. The Morgan fingerprint density at radius 3 is 2.50 bits per heavy atom. The van der Waals surface area contributed by atoms with E-state index in [1.54, 1.807) is 7.11 Å². The number of likely N-dealkylation sites (N-methyl/N-ethyl adjacent to an activating group) is 1. The van der Waals surface area contributed by atoms with E-state index in [1.807, 2.05) is 24.3 Å². The smallest absolute Gasteiger partial charge is 0.119 e. The van der Waals surface area contributed by atoms with Crippen LogP contribution in [0.5, 0.6) is 5.75 Å². The molecule has 0 aliphatic rings. The molecule has 5 heteroatoms. The molecule has 1 aromatic rings. The van der Waals surface area contributed by atoms with Gasteiger partial charge in [-0.1, -0.05) is 19.1 Å². The van der Waals surface area contributed by atoms with E-state index in [1.165, 1.54) is 0 Å². The first-order chi connectivity index (χ1) is 9.58. The summed E-state index contributed by atoms with van der Waals surface area (Å²) in [4.78, 5) is 2.73. The fourth-order valence-corrected chi connectivity index (χ4v) is 2.17. The van der Waals surface area contributed by atoms with Gasteiger partial charge in [-0.3, -0.25) is 4.90 Å². The summed E-state index contributed by atoms with van der Waals surface area (Å²) in [7, 11) is 1.73. The number of methoxy groups -OCH3 is 1. The number of thiocarbonyl (C=S) groups is 1. The number of rotatable bonds is 9. The van der Waals surface area contributed by atoms with Crippen LogP contribution in [0.1, 0.15) is 19.4 Å². The highest BCUT2D eigenvalue weighted by Crippen LogP contribution is 2.12.